The fraction of sp³-hybridized carbons (Fsp3) is 0.231. The number of nitrogens with one attached hydrogen (secondary N) is 1. The molecule has 0 aliphatic carbocycles. The maximum atomic E-state index is 13.4. The van der Waals surface area contributed by atoms with Gasteiger partial charge in [-0.15, -0.1) is 0 Å². The quantitative estimate of drug-likeness (QED) is 0.287. The first kappa shape index (κ1) is 26.8. The van der Waals surface area contributed by atoms with Crippen molar-refractivity contribution < 1.29 is 27.7 Å². The third kappa shape index (κ3) is 6.15. The molecule has 2 N–H and O–H groups in total. The fourth-order valence-corrected chi connectivity index (χ4v) is 4.38. The molecule has 38 heavy (non-hydrogen) atoms. The third-order valence-corrected chi connectivity index (χ3v) is 6.65. The summed E-state index contributed by atoms with van der Waals surface area (Å²) in [5, 5.41) is 9.38. The number of methoxy groups -OCH3 is 1. The minimum absolute atomic E-state index is 0.0150. The number of sulfonamides is 1. The van der Waals surface area contributed by atoms with Gasteiger partial charge < -0.3 is 19.3 Å². The van der Waals surface area contributed by atoms with E-state index >= 15 is 0 Å². The maximum absolute atomic E-state index is 13.4. The number of para-hydroxylation sites is 2. The fourth-order valence-electron chi connectivity index (χ4n) is 3.38. The van der Waals surface area contributed by atoms with Crippen molar-refractivity contribution in [2.45, 2.75) is 24.7 Å². The number of anilines is 1. The van der Waals surface area contributed by atoms with Crippen molar-refractivity contribution in [1.82, 2.24) is 19.9 Å². The Bertz CT molecular complexity index is 1480. The number of benzene rings is 2. The van der Waals surface area contributed by atoms with Crippen LogP contribution in [0.25, 0.3) is 11.6 Å². The maximum Gasteiger partial charge on any atom is 0.263 e. The molecule has 0 aliphatic heterocycles. The van der Waals surface area contributed by atoms with Crippen LogP contribution in [-0.2, 0) is 10.0 Å². The van der Waals surface area contributed by atoms with Crippen LogP contribution in [0.5, 0.6) is 23.1 Å². The van der Waals surface area contributed by atoms with Gasteiger partial charge in [-0.2, -0.15) is 4.98 Å². The molecule has 4 rings (SSSR count). The van der Waals surface area contributed by atoms with Gasteiger partial charge in [-0.1, -0.05) is 38.1 Å². The molecule has 2 aromatic carbocycles. The van der Waals surface area contributed by atoms with E-state index in [-0.39, 0.29) is 58.9 Å². The summed E-state index contributed by atoms with van der Waals surface area (Å²) in [6.07, 6.45) is 3.00. The lowest BCUT2D eigenvalue weighted by Crippen LogP contribution is -2.17. The molecule has 0 unspecified atom stereocenters. The topological polar surface area (TPSA) is 146 Å². The Morgan fingerprint density at radius 3 is 2.24 bits per heavy atom. The molecular formula is C26H27N5O6S. The number of hydrogen-bond donors (Lipinski definition) is 2. The molecule has 198 valence electrons. The van der Waals surface area contributed by atoms with Crippen LogP contribution in [0.15, 0.2) is 71.9 Å². The van der Waals surface area contributed by atoms with Crippen molar-refractivity contribution in [3.8, 4) is 34.8 Å². The highest BCUT2D eigenvalue weighted by Gasteiger charge is 2.26. The molecular weight excluding hydrogens is 510 g/mol. The van der Waals surface area contributed by atoms with Crippen molar-refractivity contribution in [2.24, 2.45) is 0 Å². The minimum atomic E-state index is -4.12. The van der Waals surface area contributed by atoms with Crippen LogP contribution in [0.1, 0.15) is 25.3 Å². The number of nitrogens with zero attached hydrogens (tertiary/aromatic N) is 4. The normalized spacial score (nSPS) is 11.3. The number of aliphatic hydroxyl groups excluding tert-OH is 1. The third-order valence-electron chi connectivity index (χ3n) is 5.30. The Morgan fingerprint density at radius 1 is 0.921 bits per heavy atom. The van der Waals surface area contributed by atoms with Crippen molar-refractivity contribution in [1.29, 1.82) is 0 Å². The van der Waals surface area contributed by atoms with Gasteiger partial charge in [0.15, 0.2) is 23.1 Å². The molecule has 0 aliphatic rings. The smallest absolute Gasteiger partial charge is 0.263 e. The summed E-state index contributed by atoms with van der Waals surface area (Å²) in [6, 6.07) is 15.0. The summed E-state index contributed by atoms with van der Waals surface area (Å²) in [6.45, 7) is 3.58. The zero-order valence-corrected chi connectivity index (χ0v) is 21.8. The molecule has 4 aromatic rings. The molecule has 2 heterocycles. The van der Waals surface area contributed by atoms with E-state index in [1.165, 1.54) is 31.6 Å². The first-order valence-electron chi connectivity index (χ1n) is 11.7. The lowest BCUT2D eigenvalue weighted by Gasteiger charge is -2.18. The molecule has 11 nitrogen and oxygen atoms in total. The van der Waals surface area contributed by atoms with E-state index in [2.05, 4.69) is 24.7 Å². The molecule has 0 saturated carbocycles. The van der Waals surface area contributed by atoms with Crippen LogP contribution in [0.3, 0.4) is 0 Å². The van der Waals surface area contributed by atoms with E-state index in [1.54, 1.807) is 42.5 Å². The van der Waals surface area contributed by atoms with Gasteiger partial charge in [-0.3, -0.25) is 4.72 Å². The average molecular weight is 538 g/mol. The summed E-state index contributed by atoms with van der Waals surface area (Å²) in [7, 11) is -2.65. The molecule has 0 fully saturated rings. The Labute approximate surface area is 220 Å². The van der Waals surface area contributed by atoms with Crippen LogP contribution in [0, 0.1) is 0 Å². The summed E-state index contributed by atoms with van der Waals surface area (Å²) in [4.78, 5) is 17.1. The summed E-state index contributed by atoms with van der Waals surface area (Å²) < 4.78 is 46.4. The monoisotopic (exact) mass is 537 g/mol. The van der Waals surface area contributed by atoms with Gasteiger partial charge >= 0.3 is 0 Å². The zero-order valence-electron chi connectivity index (χ0n) is 21.0. The van der Waals surface area contributed by atoms with Gasteiger partial charge in [0.25, 0.3) is 15.9 Å². The molecule has 0 bridgehead atoms. The predicted octanol–water partition coefficient (Wildman–Crippen LogP) is 4.03. The zero-order chi connectivity index (χ0) is 27.1. The largest absolute Gasteiger partial charge is 0.493 e. The van der Waals surface area contributed by atoms with Gasteiger partial charge in [0.05, 0.1) is 18.6 Å². The number of hydrogen-bond acceptors (Lipinski definition) is 10. The average Bonchev–Trinajstić information content (AvgIpc) is 2.93. The summed E-state index contributed by atoms with van der Waals surface area (Å²) in [5.41, 5.74) is 0.995. The number of aliphatic hydroxyl groups is 1. The number of ether oxygens (including phenoxy) is 3. The second kappa shape index (κ2) is 11.8. The summed E-state index contributed by atoms with van der Waals surface area (Å²) >= 11 is 0. The van der Waals surface area contributed by atoms with E-state index < -0.39 is 10.0 Å². The van der Waals surface area contributed by atoms with Crippen LogP contribution in [0.2, 0.25) is 0 Å². The molecule has 2 aromatic heterocycles. The van der Waals surface area contributed by atoms with Gasteiger partial charge in [0.2, 0.25) is 11.6 Å². The van der Waals surface area contributed by atoms with Gasteiger partial charge in [-0.25, -0.2) is 23.4 Å². The molecule has 0 amide bonds. The van der Waals surface area contributed by atoms with Crippen LogP contribution >= 0.6 is 0 Å². The Kier molecular flexibility index (Phi) is 8.34. The summed E-state index contributed by atoms with van der Waals surface area (Å²) in [5.74, 6) is 0.523. The van der Waals surface area contributed by atoms with E-state index in [4.69, 9.17) is 14.2 Å². The minimum Gasteiger partial charge on any atom is -0.493 e. The molecule has 0 saturated heterocycles. The predicted molar refractivity (Wildman–Crippen MR) is 140 cm³/mol. The second-order valence-electron chi connectivity index (χ2n) is 8.26. The molecule has 0 atom stereocenters. The number of aromatic nitrogens is 4. The highest BCUT2D eigenvalue weighted by atomic mass is 32.2. The van der Waals surface area contributed by atoms with Crippen LogP contribution in [-0.4, -0.2) is 53.8 Å². The lowest BCUT2D eigenvalue weighted by molar-refractivity contribution is 0.192. The van der Waals surface area contributed by atoms with Gasteiger partial charge in [0.1, 0.15) is 6.61 Å². The highest BCUT2D eigenvalue weighted by Crippen LogP contribution is 2.41. The first-order valence-corrected chi connectivity index (χ1v) is 13.2. The van der Waals surface area contributed by atoms with Gasteiger partial charge in [0, 0.05) is 12.4 Å². The van der Waals surface area contributed by atoms with Crippen molar-refractivity contribution >= 4 is 15.8 Å². The molecule has 12 heteroatoms. The Hall–Kier alpha value is -4.29. The second-order valence-corrected chi connectivity index (χ2v) is 9.94. The Balaban J connectivity index is 1.85. The van der Waals surface area contributed by atoms with Crippen molar-refractivity contribution in [3.05, 3.63) is 72.6 Å². The van der Waals surface area contributed by atoms with Crippen LogP contribution in [0.4, 0.5) is 5.82 Å². The Morgan fingerprint density at radius 2 is 1.61 bits per heavy atom. The SMILES string of the molecule is COc1ccccc1Oc1c(NS(=O)(=O)c2ccc(C(C)C)cc2)nc(-c2ncccn2)nc1OCCO. The highest BCUT2D eigenvalue weighted by molar-refractivity contribution is 7.92. The van der Waals surface area contributed by atoms with E-state index in [0.29, 0.717) is 5.75 Å². The van der Waals surface area contributed by atoms with Crippen molar-refractivity contribution in [3.63, 3.8) is 0 Å². The van der Waals surface area contributed by atoms with E-state index in [9.17, 15) is 13.5 Å². The number of rotatable bonds is 11. The van der Waals surface area contributed by atoms with Gasteiger partial charge in [-0.05, 0) is 41.8 Å². The van der Waals surface area contributed by atoms with E-state index in [0.717, 1.165) is 5.56 Å². The molecule has 0 radical (unpaired) electrons. The van der Waals surface area contributed by atoms with Crippen molar-refractivity contribution in [2.75, 3.05) is 25.0 Å². The first-order chi connectivity index (χ1) is 18.3. The lowest BCUT2D eigenvalue weighted by atomic mass is 10.0. The standard InChI is InChI=1S/C26H27N5O6S/c1-17(2)18-9-11-19(12-10-18)38(33,34)31-23-22(37-21-8-5-4-7-20(21)35-3)26(36-16-15-32)30-25(29-23)24-27-13-6-14-28-24/h4-14,17,32H,15-16H2,1-3H3,(H,29,30,31). The van der Waals surface area contributed by atoms with Crippen LogP contribution < -0.4 is 18.9 Å². The molecule has 0 spiro atoms. The van der Waals surface area contributed by atoms with E-state index in [1.807, 2.05) is 13.8 Å².